The summed E-state index contributed by atoms with van der Waals surface area (Å²) in [4.78, 5) is 18.3. The predicted octanol–water partition coefficient (Wildman–Crippen LogP) is 4.14. The SMILES string of the molecule is O=C(N1CCCC1)N1CCN(c2ccc(F)cc2)c2cc(F)ccc21. The van der Waals surface area contributed by atoms with E-state index in [1.54, 1.807) is 23.1 Å². The van der Waals surface area contributed by atoms with Gasteiger partial charge in [-0.25, -0.2) is 13.6 Å². The number of hydrogen-bond acceptors (Lipinski definition) is 2. The number of benzene rings is 2. The summed E-state index contributed by atoms with van der Waals surface area (Å²) in [5.41, 5.74) is 2.10. The number of carbonyl (C=O) groups excluding carboxylic acids is 1. The Morgan fingerprint density at radius 1 is 0.800 bits per heavy atom. The van der Waals surface area contributed by atoms with E-state index in [-0.39, 0.29) is 17.7 Å². The number of anilines is 3. The molecule has 25 heavy (non-hydrogen) atoms. The van der Waals surface area contributed by atoms with E-state index in [0.29, 0.717) is 24.5 Å². The standard InChI is InChI=1S/C19H19F2N3O/c20-14-3-6-16(7-4-14)23-11-12-24(19(25)22-9-1-2-10-22)17-8-5-15(21)13-18(17)23/h3-8,13H,1-2,9-12H2. The number of amides is 2. The summed E-state index contributed by atoms with van der Waals surface area (Å²) in [5, 5.41) is 0. The lowest BCUT2D eigenvalue weighted by Crippen LogP contribution is -2.48. The van der Waals surface area contributed by atoms with Crippen LogP contribution in [-0.2, 0) is 0 Å². The van der Waals surface area contributed by atoms with Crippen LogP contribution in [-0.4, -0.2) is 37.1 Å². The topological polar surface area (TPSA) is 26.8 Å². The van der Waals surface area contributed by atoms with E-state index in [4.69, 9.17) is 0 Å². The van der Waals surface area contributed by atoms with E-state index in [0.717, 1.165) is 31.6 Å². The number of nitrogens with zero attached hydrogens (tertiary/aromatic N) is 3. The Kier molecular flexibility index (Phi) is 4.03. The van der Waals surface area contributed by atoms with Crippen LogP contribution in [0.3, 0.4) is 0 Å². The highest BCUT2D eigenvalue weighted by atomic mass is 19.1. The van der Waals surface area contributed by atoms with Crippen LogP contribution >= 0.6 is 0 Å². The molecule has 0 aliphatic carbocycles. The third-order valence-corrected chi connectivity index (χ3v) is 4.81. The van der Waals surface area contributed by atoms with Crippen molar-refractivity contribution < 1.29 is 13.6 Å². The number of likely N-dealkylation sites (tertiary alicyclic amines) is 1. The molecule has 6 heteroatoms. The summed E-state index contributed by atoms with van der Waals surface area (Å²) in [6.07, 6.45) is 2.05. The van der Waals surface area contributed by atoms with Crippen LogP contribution in [0.2, 0.25) is 0 Å². The van der Waals surface area contributed by atoms with Crippen molar-refractivity contribution in [2.24, 2.45) is 0 Å². The average Bonchev–Trinajstić information content (AvgIpc) is 3.15. The fraction of sp³-hybridized carbons (Fsp3) is 0.316. The van der Waals surface area contributed by atoms with E-state index < -0.39 is 0 Å². The number of urea groups is 1. The minimum atomic E-state index is -0.360. The smallest absolute Gasteiger partial charge is 0.324 e. The lowest BCUT2D eigenvalue weighted by Gasteiger charge is -2.39. The van der Waals surface area contributed by atoms with Gasteiger partial charge < -0.3 is 9.80 Å². The van der Waals surface area contributed by atoms with Crippen LogP contribution < -0.4 is 9.80 Å². The van der Waals surface area contributed by atoms with Gasteiger partial charge in [-0.1, -0.05) is 0 Å². The zero-order valence-corrected chi connectivity index (χ0v) is 13.8. The molecule has 2 amide bonds. The molecular formula is C19H19F2N3O. The third kappa shape index (κ3) is 2.92. The van der Waals surface area contributed by atoms with Crippen molar-refractivity contribution in [2.75, 3.05) is 36.0 Å². The highest BCUT2D eigenvalue weighted by molar-refractivity contribution is 5.98. The summed E-state index contributed by atoms with van der Waals surface area (Å²) in [7, 11) is 0. The van der Waals surface area contributed by atoms with Crippen molar-refractivity contribution in [3.63, 3.8) is 0 Å². The third-order valence-electron chi connectivity index (χ3n) is 4.81. The molecule has 0 saturated carbocycles. The maximum atomic E-state index is 13.9. The molecule has 1 saturated heterocycles. The largest absolute Gasteiger partial charge is 0.338 e. The molecule has 2 aromatic carbocycles. The van der Waals surface area contributed by atoms with E-state index in [1.165, 1.54) is 24.3 Å². The first kappa shape index (κ1) is 15.9. The normalized spacial score (nSPS) is 17.0. The second-order valence-electron chi connectivity index (χ2n) is 6.39. The molecule has 4 rings (SSSR count). The molecule has 4 nitrogen and oxygen atoms in total. The average molecular weight is 343 g/mol. The van der Waals surface area contributed by atoms with Crippen molar-refractivity contribution in [1.29, 1.82) is 0 Å². The van der Waals surface area contributed by atoms with Crippen molar-refractivity contribution >= 4 is 23.1 Å². The van der Waals surface area contributed by atoms with Crippen molar-refractivity contribution in [3.8, 4) is 0 Å². The van der Waals surface area contributed by atoms with Gasteiger partial charge in [0, 0.05) is 31.9 Å². The first-order valence-electron chi connectivity index (χ1n) is 8.52. The number of carbonyl (C=O) groups is 1. The summed E-state index contributed by atoms with van der Waals surface area (Å²) < 4.78 is 27.1. The molecule has 2 aliphatic rings. The van der Waals surface area contributed by atoms with E-state index >= 15 is 0 Å². The molecule has 0 bridgehead atoms. The molecular weight excluding hydrogens is 324 g/mol. The van der Waals surface area contributed by atoms with E-state index in [1.807, 2.05) is 9.80 Å². The molecule has 0 aromatic heterocycles. The van der Waals surface area contributed by atoms with Crippen LogP contribution in [0, 0.1) is 11.6 Å². The number of fused-ring (bicyclic) bond motifs is 1. The first-order valence-corrected chi connectivity index (χ1v) is 8.52. The zero-order valence-electron chi connectivity index (χ0n) is 13.8. The Labute approximate surface area is 145 Å². The first-order chi connectivity index (χ1) is 12.1. The Morgan fingerprint density at radius 3 is 2.20 bits per heavy atom. The van der Waals surface area contributed by atoms with Gasteiger partial charge in [-0.3, -0.25) is 4.90 Å². The molecule has 0 radical (unpaired) electrons. The highest BCUT2D eigenvalue weighted by Crippen LogP contribution is 2.38. The molecule has 0 spiro atoms. The molecule has 1 fully saturated rings. The van der Waals surface area contributed by atoms with Crippen LogP contribution in [0.5, 0.6) is 0 Å². The maximum absolute atomic E-state index is 13.9. The van der Waals surface area contributed by atoms with Crippen LogP contribution in [0.25, 0.3) is 0 Å². The number of rotatable bonds is 1. The van der Waals surface area contributed by atoms with Crippen molar-refractivity contribution in [2.45, 2.75) is 12.8 Å². The Balaban J connectivity index is 1.71. The number of hydrogen-bond donors (Lipinski definition) is 0. The number of halogens is 2. The van der Waals surface area contributed by atoms with Crippen LogP contribution in [0.1, 0.15) is 12.8 Å². The summed E-state index contributed by atoms with van der Waals surface area (Å²) in [6, 6.07) is 10.5. The minimum absolute atomic E-state index is 0.0240. The zero-order chi connectivity index (χ0) is 17.4. The van der Waals surface area contributed by atoms with E-state index in [9.17, 15) is 13.6 Å². The second kappa shape index (κ2) is 6.35. The van der Waals surface area contributed by atoms with Gasteiger partial charge in [-0.2, -0.15) is 0 Å². The summed E-state index contributed by atoms with van der Waals surface area (Å²) in [6.45, 7) is 2.58. The fourth-order valence-corrected chi connectivity index (χ4v) is 3.55. The monoisotopic (exact) mass is 343 g/mol. The predicted molar refractivity (Wildman–Crippen MR) is 93.4 cm³/mol. The molecule has 2 heterocycles. The van der Waals surface area contributed by atoms with Gasteiger partial charge in [0.2, 0.25) is 0 Å². The quantitative estimate of drug-likeness (QED) is 0.778. The van der Waals surface area contributed by atoms with Gasteiger partial charge in [-0.15, -0.1) is 0 Å². The molecule has 0 unspecified atom stereocenters. The van der Waals surface area contributed by atoms with Crippen LogP contribution in [0.15, 0.2) is 42.5 Å². The Morgan fingerprint density at radius 2 is 1.48 bits per heavy atom. The van der Waals surface area contributed by atoms with E-state index in [2.05, 4.69) is 0 Å². The lowest BCUT2D eigenvalue weighted by atomic mass is 10.1. The van der Waals surface area contributed by atoms with Crippen molar-refractivity contribution in [3.05, 3.63) is 54.1 Å². The van der Waals surface area contributed by atoms with Gasteiger partial charge in [0.05, 0.1) is 11.4 Å². The Bertz CT molecular complexity index is 788. The van der Waals surface area contributed by atoms with Gasteiger partial charge in [-0.05, 0) is 55.3 Å². The fourth-order valence-electron chi connectivity index (χ4n) is 3.55. The Hall–Kier alpha value is -2.63. The molecule has 130 valence electrons. The van der Waals surface area contributed by atoms with Gasteiger partial charge in [0.15, 0.2) is 0 Å². The van der Waals surface area contributed by atoms with Gasteiger partial charge in [0.1, 0.15) is 11.6 Å². The maximum Gasteiger partial charge on any atom is 0.324 e. The summed E-state index contributed by atoms with van der Waals surface area (Å²) >= 11 is 0. The highest BCUT2D eigenvalue weighted by Gasteiger charge is 2.31. The van der Waals surface area contributed by atoms with Gasteiger partial charge >= 0.3 is 6.03 Å². The molecule has 2 aromatic rings. The second-order valence-corrected chi connectivity index (χ2v) is 6.39. The molecule has 2 aliphatic heterocycles. The van der Waals surface area contributed by atoms with Crippen LogP contribution in [0.4, 0.5) is 30.6 Å². The molecule has 0 atom stereocenters. The van der Waals surface area contributed by atoms with Crippen molar-refractivity contribution in [1.82, 2.24) is 4.90 Å². The molecule has 0 N–H and O–H groups in total. The summed E-state index contributed by atoms with van der Waals surface area (Å²) in [5.74, 6) is -0.674. The minimum Gasteiger partial charge on any atom is -0.338 e. The van der Waals surface area contributed by atoms with Gasteiger partial charge in [0.25, 0.3) is 0 Å². The lowest BCUT2D eigenvalue weighted by molar-refractivity contribution is 0.215.